The second-order valence-corrected chi connectivity index (χ2v) is 5.14. The molecular weight excluding hydrogens is 337 g/mol. The molecule has 1 radical (unpaired) electrons. The Labute approximate surface area is 153 Å². The Morgan fingerprint density at radius 1 is 0.957 bits per heavy atom. The maximum atomic E-state index is 5.25. The van der Waals surface area contributed by atoms with E-state index < -0.39 is 0 Å². The number of hydrogen-bond acceptors (Lipinski definition) is 2. The van der Waals surface area contributed by atoms with Crippen molar-refractivity contribution >= 4 is 11.3 Å². The van der Waals surface area contributed by atoms with Crippen molar-refractivity contribution in [2.24, 2.45) is 0 Å². The summed E-state index contributed by atoms with van der Waals surface area (Å²) in [5.41, 5.74) is 4.24. The van der Waals surface area contributed by atoms with Crippen LogP contribution >= 0.6 is 11.3 Å². The van der Waals surface area contributed by atoms with Gasteiger partial charge in [-0.1, -0.05) is 60.2 Å². The smallest absolute Gasteiger partial charge is 0.697 e. The molecular formula is C20H13NSV. The van der Waals surface area contributed by atoms with Crippen LogP contribution in [-0.4, -0.2) is 4.98 Å². The third-order valence-corrected chi connectivity index (χ3v) is 3.83. The molecule has 0 aliphatic carbocycles. The van der Waals surface area contributed by atoms with E-state index in [4.69, 9.17) is 11.4 Å². The minimum atomic E-state index is 0. The average molecular weight is 350 g/mol. The molecule has 3 rings (SSSR count). The summed E-state index contributed by atoms with van der Waals surface area (Å²) >= 11 is 1.66. The second kappa shape index (κ2) is 9.62. The molecule has 109 valence electrons. The number of terminal acetylenes is 1. The predicted octanol–water partition coefficient (Wildman–Crippen LogP) is 4.87. The van der Waals surface area contributed by atoms with E-state index in [1.807, 2.05) is 42.5 Å². The van der Waals surface area contributed by atoms with Crippen molar-refractivity contribution in [3.8, 4) is 40.1 Å². The monoisotopic (exact) mass is 350 g/mol. The minimum absolute atomic E-state index is 0. The molecule has 0 N–H and O–H groups in total. The summed E-state index contributed by atoms with van der Waals surface area (Å²) < 4.78 is 0. The van der Waals surface area contributed by atoms with Crippen molar-refractivity contribution in [1.29, 1.82) is 0 Å². The molecule has 3 aromatic rings. The maximum absolute atomic E-state index is 5.25. The number of aromatic nitrogens is 1. The van der Waals surface area contributed by atoms with E-state index in [9.17, 15) is 0 Å². The number of hydrogen-bond donors (Lipinski definition) is 0. The summed E-state index contributed by atoms with van der Waals surface area (Å²) in [6.45, 7) is 3.53. The van der Waals surface area contributed by atoms with Crippen LogP contribution in [0.3, 0.4) is 0 Å². The summed E-state index contributed by atoms with van der Waals surface area (Å²) in [5, 5.41) is 3.13. The zero-order valence-corrected chi connectivity index (χ0v) is 14.6. The molecule has 0 saturated heterocycles. The van der Waals surface area contributed by atoms with Crippen molar-refractivity contribution in [2.75, 3.05) is 0 Å². The van der Waals surface area contributed by atoms with Crippen molar-refractivity contribution in [1.82, 2.24) is 4.98 Å². The van der Waals surface area contributed by atoms with Crippen molar-refractivity contribution in [3.63, 3.8) is 0 Å². The van der Waals surface area contributed by atoms with E-state index in [-0.39, 0.29) is 18.6 Å². The fraction of sp³-hybridized carbons (Fsp3) is 0. The normalized spacial score (nSPS) is 8.61. The average Bonchev–Trinajstić information content (AvgIpc) is 3.09. The molecule has 0 atom stereocenters. The van der Waals surface area contributed by atoms with Gasteiger partial charge in [0.25, 0.3) is 0 Å². The van der Waals surface area contributed by atoms with Gasteiger partial charge in [-0.05, 0) is 0 Å². The van der Waals surface area contributed by atoms with Crippen LogP contribution in [0.15, 0.2) is 60.0 Å². The van der Waals surface area contributed by atoms with E-state index >= 15 is 0 Å². The predicted molar refractivity (Wildman–Crippen MR) is 93.4 cm³/mol. The van der Waals surface area contributed by atoms with Crippen molar-refractivity contribution in [3.05, 3.63) is 78.9 Å². The molecule has 1 nitrogen and oxygen atoms in total. The molecule has 0 saturated carbocycles. The summed E-state index contributed by atoms with van der Waals surface area (Å²) in [6.07, 6.45) is 9.00. The number of nitrogens with zero attached hydrogens (tertiary/aromatic N) is 1. The van der Waals surface area contributed by atoms with Crippen LogP contribution < -0.4 is 0 Å². The zero-order chi connectivity index (χ0) is 15.8. The van der Waals surface area contributed by atoms with E-state index in [1.54, 1.807) is 11.3 Å². The SMILES string of the molecule is [C-]#C.[CH2-]C#Cc1ccc(-c2csc(-c3ccccc3)n2)cc1.[V+2]. The van der Waals surface area contributed by atoms with E-state index in [0.29, 0.717) is 0 Å². The molecule has 2 aromatic carbocycles. The van der Waals surface area contributed by atoms with Gasteiger partial charge >= 0.3 is 18.6 Å². The van der Waals surface area contributed by atoms with Gasteiger partial charge in [-0.2, -0.15) is 6.92 Å². The Balaban J connectivity index is 0.000000849. The van der Waals surface area contributed by atoms with Gasteiger partial charge in [0.15, 0.2) is 0 Å². The Morgan fingerprint density at radius 2 is 1.61 bits per heavy atom. The largest absolute Gasteiger partial charge is 2.00 e. The van der Waals surface area contributed by atoms with Crippen LogP contribution in [0.25, 0.3) is 21.8 Å². The van der Waals surface area contributed by atoms with Crippen LogP contribution in [0.2, 0.25) is 0 Å². The first-order chi connectivity index (χ1) is 10.9. The van der Waals surface area contributed by atoms with Crippen molar-refractivity contribution in [2.45, 2.75) is 0 Å². The molecule has 1 heterocycles. The molecule has 1 aromatic heterocycles. The van der Waals surface area contributed by atoms with Crippen molar-refractivity contribution < 1.29 is 18.6 Å². The third-order valence-electron chi connectivity index (χ3n) is 2.94. The standard InChI is InChI=1S/C18H12NS.C2H.V/c1-2-6-14-9-11-15(12-10-14)17-13-20-18(19-17)16-7-4-3-5-8-16;1-2;/h3-5,7-13H,1H2;1H;/q2*-1;+2. The number of benzene rings is 2. The molecule has 0 aliphatic heterocycles. The van der Waals surface area contributed by atoms with E-state index in [1.165, 1.54) is 0 Å². The van der Waals surface area contributed by atoms with Crippen LogP contribution in [0.4, 0.5) is 0 Å². The Morgan fingerprint density at radius 3 is 2.22 bits per heavy atom. The first-order valence-electron chi connectivity index (χ1n) is 6.55. The molecule has 0 bridgehead atoms. The molecule has 23 heavy (non-hydrogen) atoms. The second-order valence-electron chi connectivity index (χ2n) is 4.28. The molecule has 0 unspecified atom stereocenters. The van der Waals surface area contributed by atoms with Gasteiger partial charge in [0.05, 0.1) is 5.69 Å². The number of rotatable bonds is 2. The van der Waals surface area contributed by atoms with Crippen LogP contribution in [0, 0.1) is 31.6 Å². The van der Waals surface area contributed by atoms with Gasteiger partial charge in [0, 0.05) is 16.5 Å². The Bertz CT molecular complexity index is 805. The van der Waals surface area contributed by atoms with Crippen LogP contribution in [0.1, 0.15) is 5.56 Å². The zero-order valence-electron chi connectivity index (χ0n) is 12.4. The summed E-state index contributed by atoms with van der Waals surface area (Å²) in [5.74, 6) is 5.59. The number of thiazole rings is 1. The van der Waals surface area contributed by atoms with E-state index in [0.717, 1.165) is 27.4 Å². The third kappa shape index (κ3) is 4.81. The molecule has 0 fully saturated rings. The molecule has 0 amide bonds. The van der Waals surface area contributed by atoms with Crippen LogP contribution in [0.5, 0.6) is 0 Å². The summed E-state index contributed by atoms with van der Waals surface area (Å²) in [4.78, 5) is 4.70. The van der Waals surface area contributed by atoms with Gasteiger partial charge in [-0.15, -0.1) is 11.3 Å². The summed E-state index contributed by atoms with van der Waals surface area (Å²) in [6, 6.07) is 18.3. The minimum Gasteiger partial charge on any atom is -0.697 e. The Kier molecular flexibility index (Phi) is 7.82. The topological polar surface area (TPSA) is 12.9 Å². The van der Waals surface area contributed by atoms with Gasteiger partial charge in [-0.25, -0.2) is 4.98 Å². The quantitative estimate of drug-likeness (QED) is 0.475. The first kappa shape index (κ1) is 18.7. The molecule has 0 aliphatic rings. The van der Waals surface area contributed by atoms with E-state index in [2.05, 4.69) is 42.7 Å². The Hall–Kier alpha value is -2.36. The van der Waals surface area contributed by atoms with Gasteiger partial charge in [0.2, 0.25) is 0 Å². The van der Waals surface area contributed by atoms with Gasteiger partial charge in [-0.3, -0.25) is 11.8 Å². The molecule has 0 spiro atoms. The summed E-state index contributed by atoms with van der Waals surface area (Å²) in [7, 11) is 0. The van der Waals surface area contributed by atoms with Crippen LogP contribution in [-0.2, 0) is 18.6 Å². The van der Waals surface area contributed by atoms with Gasteiger partial charge < -0.3 is 12.8 Å². The first-order valence-corrected chi connectivity index (χ1v) is 7.43. The molecule has 3 heteroatoms. The fourth-order valence-corrected chi connectivity index (χ4v) is 2.78. The maximum Gasteiger partial charge on any atom is 2.00 e. The van der Waals surface area contributed by atoms with Gasteiger partial charge in [0.1, 0.15) is 5.01 Å². The fourth-order valence-electron chi connectivity index (χ4n) is 1.95.